The van der Waals surface area contributed by atoms with E-state index in [0.717, 1.165) is 11.5 Å². The van der Waals surface area contributed by atoms with Gasteiger partial charge in [0.2, 0.25) is 0 Å². The van der Waals surface area contributed by atoms with Gasteiger partial charge >= 0.3 is 0 Å². The molecule has 0 radical (unpaired) electrons. The topological polar surface area (TPSA) is 18.5 Å². The third kappa shape index (κ3) is 1.90. The molecular formula is C26H20O2P+. The molecule has 6 rings (SSSR count). The quantitative estimate of drug-likeness (QED) is 0.408. The molecule has 0 saturated heterocycles. The maximum atomic E-state index is 5.97. The maximum absolute atomic E-state index is 5.97. The number of hydrogen-bond acceptors (Lipinski definition) is 2. The monoisotopic (exact) mass is 395 g/mol. The van der Waals surface area contributed by atoms with E-state index in [9.17, 15) is 0 Å². The zero-order chi connectivity index (χ0) is 19.6. The van der Waals surface area contributed by atoms with E-state index >= 15 is 0 Å². The summed E-state index contributed by atoms with van der Waals surface area (Å²) in [5.74, 6) is 1.92. The largest absolute Gasteiger partial charge is 0.493 e. The van der Waals surface area contributed by atoms with Crippen LogP contribution in [-0.4, -0.2) is 14.2 Å². The molecule has 0 amide bonds. The van der Waals surface area contributed by atoms with Crippen molar-refractivity contribution in [2.24, 2.45) is 0 Å². The molecule has 0 aliphatic carbocycles. The highest BCUT2D eigenvalue weighted by molar-refractivity contribution is 8.03. The van der Waals surface area contributed by atoms with Gasteiger partial charge in [-0.05, 0) is 36.4 Å². The van der Waals surface area contributed by atoms with Crippen molar-refractivity contribution in [3.05, 3.63) is 84.9 Å². The van der Waals surface area contributed by atoms with Gasteiger partial charge in [0.05, 0.1) is 14.2 Å². The van der Waals surface area contributed by atoms with Gasteiger partial charge in [0, 0.05) is 22.3 Å². The van der Waals surface area contributed by atoms with Gasteiger partial charge < -0.3 is 9.47 Å². The van der Waals surface area contributed by atoms with Gasteiger partial charge in [-0.15, -0.1) is 0 Å². The second-order valence-electron chi connectivity index (χ2n) is 7.42. The lowest BCUT2D eigenvalue weighted by Crippen LogP contribution is -2.33. The van der Waals surface area contributed by atoms with E-state index in [1.807, 2.05) is 0 Å². The van der Waals surface area contributed by atoms with Crippen LogP contribution in [0.25, 0.3) is 22.3 Å². The van der Waals surface area contributed by atoms with E-state index in [4.69, 9.17) is 9.47 Å². The lowest BCUT2D eigenvalue weighted by molar-refractivity contribution is 0.417. The number of methoxy groups -OCH3 is 2. The van der Waals surface area contributed by atoms with Gasteiger partial charge in [0.1, 0.15) is 10.6 Å². The molecule has 2 aliphatic heterocycles. The summed E-state index contributed by atoms with van der Waals surface area (Å²) in [7, 11) is 1.44. The van der Waals surface area contributed by atoms with Crippen LogP contribution in [-0.2, 0) is 0 Å². The normalized spacial score (nSPS) is 14.1. The summed E-state index contributed by atoms with van der Waals surface area (Å²) in [6.07, 6.45) is 0. The van der Waals surface area contributed by atoms with Gasteiger partial charge in [-0.3, -0.25) is 0 Å². The minimum atomic E-state index is -2.12. The summed E-state index contributed by atoms with van der Waals surface area (Å²) in [5, 5.41) is 5.43. The predicted octanol–water partition coefficient (Wildman–Crippen LogP) is 4.28. The standard InChI is InChI=1S/C26H20O2P/c1-27-21-13-7-11-19-17-9-3-5-15-23(17)29(25(19)21)24-16-6-4-10-18(24)20-12-8-14-22(28-2)26(20)29/h3-16H,1-2H3/q+1. The van der Waals surface area contributed by atoms with E-state index < -0.39 is 7.26 Å². The minimum Gasteiger partial charge on any atom is -0.493 e. The molecule has 4 aromatic rings. The molecule has 0 fully saturated rings. The highest BCUT2D eigenvalue weighted by atomic mass is 31.2. The Bertz CT molecular complexity index is 1190. The SMILES string of the molecule is COc1cccc2c1[P+]1(c3ccccc3-2)c2ccccc2-c2cccc(OC)c21. The molecule has 1 spiro atoms. The van der Waals surface area contributed by atoms with Crippen molar-refractivity contribution in [1.82, 2.24) is 0 Å². The molecule has 0 unspecified atom stereocenters. The average molecular weight is 395 g/mol. The number of benzene rings is 4. The van der Waals surface area contributed by atoms with Crippen molar-refractivity contribution in [3.63, 3.8) is 0 Å². The average Bonchev–Trinajstić information content (AvgIpc) is 3.26. The van der Waals surface area contributed by atoms with Gasteiger partial charge in [-0.2, -0.15) is 0 Å². The molecule has 3 heteroatoms. The van der Waals surface area contributed by atoms with Crippen LogP contribution in [0.2, 0.25) is 0 Å². The van der Waals surface area contributed by atoms with E-state index in [-0.39, 0.29) is 0 Å². The first-order chi connectivity index (χ1) is 14.3. The molecule has 2 nitrogen and oxygen atoms in total. The summed E-state index contributed by atoms with van der Waals surface area (Å²) >= 11 is 0. The third-order valence-electron chi connectivity index (χ3n) is 6.22. The lowest BCUT2D eigenvalue weighted by atomic mass is 10.1. The number of hydrogen-bond donors (Lipinski definition) is 0. The van der Waals surface area contributed by atoms with E-state index in [1.54, 1.807) is 14.2 Å². The van der Waals surface area contributed by atoms with Crippen molar-refractivity contribution in [3.8, 4) is 33.8 Å². The fourth-order valence-electron chi connectivity index (χ4n) is 5.21. The Kier molecular flexibility index (Phi) is 3.45. The van der Waals surface area contributed by atoms with Crippen LogP contribution < -0.4 is 30.7 Å². The van der Waals surface area contributed by atoms with Crippen LogP contribution in [0.5, 0.6) is 11.5 Å². The highest BCUT2D eigenvalue weighted by Gasteiger charge is 2.63. The summed E-state index contributed by atoms with van der Waals surface area (Å²) in [6, 6.07) is 30.6. The Morgan fingerprint density at radius 3 is 1.34 bits per heavy atom. The van der Waals surface area contributed by atoms with Crippen molar-refractivity contribution in [2.75, 3.05) is 14.2 Å². The molecule has 140 valence electrons. The first kappa shape index (κ1) is 16.8. The number of ether oxygens (including phenoxy) is 2. The van der Waals surface area contributed by atoms with Crippen LogP contribution >= 0.6 is 7.26 Å². The Morgan fingerprint density at radius 2 is 0.897 bits per heavy atom. The van der Waals surface area contributed by atoms with E-state index in [2.05, 4.69) is 84.9 Å². The van der Waals surface area contributed by atoms with Crippen LogP contribution in [0.3, 0.4) is 0 Å². The van der Waals surface area contributed by atoms with Gasteiger partial charge in [-0.1, -0.05) is 48.5 Å². The van der Waals surface area contributed by atoms with Crippen LogP contribution in [0.15, 0.2) is 84.9 Å². The van der Waals surface area contributed by atoms with Gasteiger partial charge in [0.15, 0.2) is 29.4 Å². The summed E-state index contributed by atoms with van der Waals surface area (Å²) in [5.41, 5.74) is 5.18. The Labute approximate surface area is 171 Å². The Morgan fingerprint density at radius 1 is 0.483 bits per heavy atom. The second-order valence-corrected chi connectivity index (χ2v) is 10.6. The zero-order valence-corrected chi connectivity index (χ0v) is 17.2. The van der Waals surface area contributed by atoms with Crippen molar-refractivity contribution >= 4 is 28.5 Å². The zero-order valence-electron chi connectivity index (χ0n) is 16.3. The summed E-state index contributed by atoms with van der Waals surface area (Å²) in [6.45, 7) is 0. The molecule has 0 bridgehead atoms. The first-order valence-corrected chi connectivity index (χ1v) is 11.6. The van der Waals surface area contributed by atoms with Crippen molar-refractivity contribution in [2.45, 2.75) is 0 Å². The molecule has 0 atom stereocenters. The molecule has 0 N–H and O–H groups in total. The number of rotatable bonds is 2. The number of fused-ring (bicyclic) bond motifs is 10. The molecular weight excluding hydrogens is 375 g/mol. The van der Waals surface area contributed by atoms with Gasteiger partial charge in [-0.25, -0.2) is 0 Å². The smallest absolute Gasteiger partial charge is 0.162 e. The van der Waals surface area contributed by atoms with Gasteiger partial charge in [0.25, 0.3) is 0 Å². The maximum Gasteiger partial charge on any atom is 0.162 e. The Hall–Kier alpha value is -3.09. The molecule has 29 heavy (non-hydrogen) atoms. The fraction of sp³-hybridized carbons (Fsp3) is 0.0769. The highest BCUT2D eigenvalue weighted by Crippen LogP contribution is 2.69. The second kappa shape index (κ2) is 5.95. The van der Waals surface area contributed by atoms with Crippen LogP contribution in [0, 0.1) is 0 Å². The molecule has 0 aromatic heterocycles. The van der Waals surface area contributed by atoms with Crippen molar-refractivity contribution in [1.29, 1.82) is 0 Å². The van der Waals surface area contributed by atoms with E-state index in [1.165, 1.54) is 43.5 Å². The third-order valence-corrected chi connectivity index (χ3v) is 10.7. The Balaban J connectivity index is 1.90. The molecule has 4 aromatic carbocycles. The van der Waals surface area contributed by atoms with Crippen LogP contribution in [0.4, 0.5) is 0 Å². The summed E-state index contributed by atoms with van der Waals surface area (Å²) in [4.78, 5) is 0. The molecule has 2 heterocycles. The molecule has 0 saturated carbocycles. The lowest BCUT2D eigenvalue weighted by Gasteiger charge is -2.23. The molecule has 2 aliphatic rings. The van der Waals surface area contributed by atoms with Crippen LogP contribution in [0.1, 0.15) is 0 Å². The van der Waals surface area contributed by atoms with E-state index in [0.29, 0.717) is 0 Å². The summed E-state index contributed by atoms with van der Waals surface area (Å²) < 4.78 is 11.9. The first-order valence-electron chi connectivity index (χ1n) is 9.76. The minimum absolute atomic E-state index is 0.959. The fourth-order valence-corrected chi connectivity index (χ4v) is 10.5. The predicted molar refractivity (Wildman–Crippen MR) is 122 cm³/mol. The van der Waals surface area contributed by atoms with Crippen molar-refractivity contribution < 1.29 is 9.47 Å².